The van der Waals surface area contributed by atoms with Gasteiger partial charge in [0.1, 0.15) is 6.54 Å². The Hall–Kier alpha value is -1.81. The van der Waals surface area contributed by atoms with Gasteiger partial charge >= 0.3 is 0 Å². The van der Waals surface area contributed by atoms with Gasteiger partial charge in [-0.05, 0) is 25.1 Å². The summed E-state index contributed by atoms with van der Waals surface area (Å²) in [7, 11) is 0. The van der Waals surface area contributed by atoms with E-state index in [-0.39, 0.29) is 12.3 Å². The van der Waals surface area contributed by atoms with E-state index >= 15 is 0 Å². The zero-order valence-corrected chi connectivity index (χ0v) is 9.99. The minimum atomic E-state index is -0.452. The number of nitrogens with two attached hydrogens (primary N) is 1. The molecule has 1 heterocycles. The molecule has 1 amide bonds. The van der Waals surface area contributed by atoms with Gasteiger partial charge in [-0.25, -0.2) is 0 Å². The highest BCUT2D eigenvalue weighted by atomic mass is 35.5. The molecule has 5 heteroatoms. The molecule has 4 nitrogen and oxygen atoms in total. The summed E-state index contributed by atoms with van der Waals surface area (Å²) in [6.45, 7) is 1.52. The predicted molar refractivity (Wildman–Crippen MR) is 66.1 cm³/mol. The Bertz CT molecular complexity index is 616. The number of rotatable bonds is 3. The van der Waals surface area contributed by atoms with Gasteiger partial charge in [-0.15, -0.1) is 0 Å². The van der Waals surface area contributed by atoms with Crippen molar-refractivity contribution in [1.29, 1.82) is 0 Å². The Morgan fingerprint density at radius 2 is 2.12 bits per heavy atom. The third-order valence-electron chi connectivity index (χ3n) is 2.55. The Morgan fingerprint density at radius 3 is 2.71 bits per heavy atom. The van der Waals surface area contributed by atoms with E-state index in [1.54, 1.807) is 29.0 Å². The second kappa shape index (κ2) is 4.22. The number of aromatic nitrogens is 1. The number of hydrogen-bond donors (Lipinski definition) is 1. The third kappa shape index (κ3) is 2.17. The number of amides is 1. The lowest BCUT2D eigenvalue weighted by molar-refractivity contribution is -0.118. The van der Waals surface area contributed by atoms with Crippen molar-refractivity contribution in [1.82, 2.24) is 4.57 Å². The molecule has 0 saturated heterocycles. The first-order valence-corrected chi connectivity index (χ1v) is 5.44. The lowest BCUT2D eigenvalue weighted by Crippen LogP contribution is -2.17. The average molecular weight is 251 g/mol. The largest absolute Gasteiger partial charge is 0.368 e. The molecule has 2 aromatic rings. The van der Waals surface area contributed by atoms with Crippen molar-refractivity contribution in [3.8, 4) is 0 Å². The topological polar surface area (TPSA) is 65.1 Å². The van der Waals surface area contributed by atoms with E-state index in [0.29, 0.717) is 10.6 Å². The van der Waals surface area contributed by atoms with E-state index in [4.69, 9.17) is 17.3 Å². The van der Waals surface area contributed by atoms with Crippen LogP contribution in [-0.2, 0) is 11.3 Å². The van der Waals surface area contributed by atoms with Crippen molar-refractivity contribution < 1.29 is 9.59 Å². The fourth-order valence-electron chi connectivity index (χ4n) is 1.85. The molecule has 0 aliphatic carbocycles. The maximum absolute atomic E-state index is 11.5. The molecule has 0 saturated carbocycles. The summed E-state index contributed by atoms with van der Waals surface area (Å²) in [5.41, 5.74) is 6.48. The summed E-state index contributed by atoms with van der Waals surface area (Å²) in [6.07, 6.45) is 1.63. The summed E-state index contributed by atoms with van der Waals surface area (Å²) in [6, 6.07) is 5.20. The molecule has 88 valence electrons. The SMILES string of the molecule is CC(=O)c1cn(CC(N)=O)c2ccc(Cl)cc12. The van der Waals surface area contributed by atoms with Crippen LogP contribution in [0, 0.1) is 0 Å². The average Bonchev–Trinajstić information content (AvgIpc) is 2.55. The zero-order chi connectivity index (χ0) is 12.6. The van der Waals surface area contributed by atoms with Crippen molar-refractivity contribution in [3.63, 3.8) is 0 Å². The Kier molecular flexibility index (Phi) is 2.90. The fourth-order valence-corrected chi connectivity index (χ4v) is 2.02. The predicted octanol–water partition coefficient (Wildman–Crippen LogP) is 1.98. The summed E-state index contributed by atoms with van der Waals surface area (Å²) >= 11 is 5.90. The molecule has 0 radical (unpaired) electrons. The molecule has 0 spiro atoms. The quantitative estimate of drug-likeness (QED) is 0.847. The van der Waals surface area contributed by atoms with Crippen molar-refractivity contribution >= 4 is 34.2 Å². The van der Waals surface area contributed by atoms with Crippen LogP contribution in [0.15, 0.2) is 24.4 Å². The Balaban J connectivity index is 2.70. The first kappa shape index (κ1) is 11.7. The minimum absolute atomic E-state index is 0.0470. The monoisotopic (exact) mass is 250 g/mol. The highest BCUT2D eigenvalue weighted by Gasteiger charge is 2.13. The van der Waals surface area contributed by atoms with Crippen LogP contribution in [0.25, 0.3) is 10.9 Å². The number of halogens is 1. The number of primary amides is 1. The van der Waals surface area contributed by atoms with Gasteiger partial charge in [0, 0.05) is 27.7 Å². The van der Waals surface area contributed by atoms with Crippen LogP contribution in [0.3, 0.4) is 0 Å². The number of carbonyl (C=O) groups excluding carboxylic acids is 2. The molecule has 0 unspecified atom stereocenters. The normalized spacial score (nSPS) is 10.7. The van der Waals surface area contributed by atoms with Crippen LogP contribution in [0.4, 0.5) is 0 Å². The highest BCUT2D eigenvalue weighted by molar-refractivity contribution is 6.31. The van der Waals surface area contributed by atoms with E-state index in [2.05, 4.69) is 0 Å². The maximum atomic E-state index is 11.5. The van der Waals surface area contributed by atoms with Gasteiger partial charge in [-0.3, -0.25) is 9.59 Å². The number of Topliss-reactive ketones (excluding diaryl/α,β-unsaturated/α-hetero) is 1. The van der Waals surface area contributed by atoms with E-state index in [9.17, 15) is 9.59 Å². The molecule has 0 atom stereocenters. The van der Waals surface area contributed by atoms with Gasteiger partial charge in [0.05, 0.1) is 0 Å². The van der Waals surface area contributed by atoms with Gasteiger partial charge in [-0.2, -0.15) is 0 Å². The van der Waals surface area contributed by atoms with Gasteiger partial charge < -0.3 is 10.3 Å². The summed E-state index contributed by atoms with van der Waals surface area (Å²) in [5.74, 6) is -0.521. The van der Waals surface area contributed by atoms with Crippen LogP contribution in [0.5, 0.6) is 0 Å². The van der Waals surface area contributed by atoms with Crippen LogP contribution in [0.1, 0.15) is 17.3 Å². The molecule has 17 heavy (non-hydrogen) atoms. The summed E-state index contributed by atoms with van der Waals surface area (Å²) in [5, 5.41) is 1.29. The van der Waals surface area contributed by atoms with Crippen LogP contribution in [-0.4, -0.2) is 16.3 Å². The highest BCUT2D eigenvalue weighted by Crippen LogP contribution is 2.25. The number of ketones is 1. The standard InChI is InChI=1S/C12H11ClN2O2/c1-7(16)10-5-15(6-12(14)17)11-3-2-8(13)4-9(10)11/h2-5H,6H2,1H3,(H2,14,17). The van der Waals surface area contributed by atoms with E-state index in [0.717, 1.165) is 10.9 Å². The zero-order valence-electron chi connectivity index (χ0n) is 9.24. The Labute approximate surface area is 103 Å². The number of hydrogen-bond acceptors (Lipinski definition) is 2. The van der Waals surface area contributed by atoms with Crippen molar-refractivity contribution in [3.05, 3.63) is 35.0 Å². The second-order valence-electron chi connectivity index (χ2n) is 3.85. The molecular weight excluding hydrogens is 240 g/mol. The van der Waals surface area contributed by atoms with E-state index < -0.39 is 5.91 Å². The molecule has 0 bridgehead atoms. The maximum Gasteiger partial charge on any atom is 0.237 e. The fraction of sp³-hybridized carbons (Fsp3) is 0.167. The summed E-state index contributed by atoms with van der Waals surface area (Å²) < 4.78 is 1.66. The van der Waals surface area contributed by atoms with Crippen LogP contribution < -0.4 is 5.73 Å². The molecule has 0 aliphatic heterocycles. The second-order valence-corrected chi connectivity index (χ2v) is 4.29. The molecule has 0 fully saturated rings. The smallest absolute Gasteiger partial charge is 0.237 e. The van der Waals surface area contributed by atoms with Gasteiger partial charge in [-0.1, -0.05) is 11.6 Å². The van der Waals surface area contributed by atoms with Gasteiger partial charge in [0.15, 0.2) is 5.78 Å². The first-order chi connectivity index (χ1) is 7.99. The van der Waals surface area contributed by atoms with Crippen LogP contribution >= 0.6 is 11.6 Å². The van der Waals surface area contributed by atoms with Crippen molar-refractivity contribution in [2.75, 3.05) is 0 Å². The molecule has 0 aliphatic rings. The summed E-state index contributed by atoms with van der Waals surface area (Å²) in [4.78, 5) is 22.4. The van der Waals surface area contributed by atoms with Gasteiger partial charge in [0.2, 0.25) is 5.91 Å². The minimum Gasteiger partial charge on any atom is -0.368 e. The molecular formula is C12H11ClN2O2. The molecule has 1 aromatic carbocycles. The molecule has 2 N–H and O–H groups in total. The van der Waals surface area contributed by atoms with Crippen LogP contribution in [0.2, 0.25) is 5.02 Å². The third-order valence-corrected chi connectivity index (χ3v) is 2.78. The van der Waals surface area contributed by atoms with E-state index in [1.165, 1.54) is 6.92 Å². The van der Waals surface area contributed by atoms with Gasteiger partial charge in [0.25, 0.3) is 0 Å². The lowest BCUT2D eigenvalue weighted by Gasteiger charge is -2.01. The number of fused-ring (bicyclic) bond motifs is 1. The Morgan fingerprint density at radius 1 is 1.41 bits per heavy atom. The molecule has 1 aromatic heterocycles. The van der Waals surface area contributed by atoms with Crippen molar-refractivity contribution in [2.24, 2.45) is 5.73 Å². The number of benzene rings is 1. The number of carbonyl (C=O) groups is 2. The first-order valence-electron chi connectivity index (χ1n) is 5.06. The lowest BCUT2D eigenvalue weighted by atomic mass is 10.1. The molecule has 2 rings (SSSR count). The number of nitrogens with zero attached hydrogens (tertiary/aromatic N) is 1. The van der Waals surface area contributed by atoms with Crippen molar-refractivity contribution in [2.45, 2.75) is 13.5 Å². The van der Waals surface area contributed by atoms with E-state index in [1.807, 2.05) is 0 Å².